The van der Waals surface area contributed by atoms with Gasteiger partial charge in [0, 0.05) is 28.1 Å². The average Bonchev–Trinajstić information content (AvgIpc) is 2.79. The van der Waals surface area contributed by atoms with Gasteiger partial charge in [-0.2, -0.15) is 0 Å². The number of aryl methyl sites for hydroxylation is 1. The maximum Gasteiger partial charge on any atom is 0.255 e. The van der Waals surface area contributed by atoms with Gasteiger partial charge in [-0.05, 0) is 63.2 Å². The largest absolute Gasteiger partial charge is 0.321 e. The van der Waals surface area contributed by atoms with Gasteiger partial charge in [-0.25, -0.2) is 13.1 Å². The normalized spacial score (nSPS) is 15.7. The second kappa shape index (κ2) is 9.40. The molecule has 7 heteroatoms. The molecule has 3 aromatic carbocycles. The van der Waals surface area contributed by atoms with E-state index in [2.05, 4.69) is 21.9 Å². The summed E-state index contributed by atoms with van der Waals surface area (Å²) in [6, 6.07) is 17.8. The molecule has 0 bridgehead atoms. The van der Waals surface area contributed by atoms with Crippen LogP contribution in [0.2, 0.25) is 0 Å². The summed E-state index contributed by atoms with van der Waals surface area (Å²) in [7, 11) is -3.70. The number of likely N-dealkylation sites (tertiary alicyclic amines) is 1. The van der Waals surface area contributed by atoms with Crippen molar-refractivity contribution in [3.05, 3.63) is 71.8 Å². The van der Waals surface area contributed by atoms with Gasteiger partial charge in [0.1, 0.15) is 0 Å². The van der Waals surface area contributed by atoms with Gasteiger partial charge in [-0.1, -0.05) is 49.4 Å². The second-order valence-electron chi connectivity index (χ2n) is 8.26. The highest BCUT2D eigenvalue weighted by Gasteiger charge is 2.25. The lowest BCUT2D eigenvalue weighted by molar-refractivity contribution is 0.102. The topological polar surface area (TPSA) is 78.5 Å². The van der Waals surface area contributed by atoms with E-state index in [1.165, 1.54) is 0 Å². The van der Waals surface area contributed by atoms with E-state index in [1.807, 2.05) is 31.2 Å². The zero-order chi connectivity index (χ0) is 22.7. The summed E-state index contributed by atoms with van der Waals surface area (Å²) < 4.78 is 29.4. The molecule has 1 saturated heterocycles. The van der Waals surface area contributed by atoms with Crippen molar-refractivity contribution < 1.29 is 13.2 Å². The van der Waals surface area contributed by atoms with Crippen LogP contribution in [0, 0.1) is 6.92 Å². The van der Waals surface area contributed by atoms with E-state index in [0.717, 1.165) is 38.0 Å². The number of carbonyl (C=O) groups is 1. The first-order chi connectivity index (χ1) is 15.4. The number of nitrogens with one attached hydrogen (secondary N) is 2. The Kier molecular flexibility index (Phi) is 6.60. The lowest BCUT2D eigenvalue weighted by Crippen LogP contribution is -2.44. The van der Waals surface area contributed by atoms with Gasteiger partial charge in [-0.15, -0.1) is 0 Å². The minimum absolute atomic E-state index is 0.0676. The molecule has 0 spiro atoms. The summed E-state index contributed by atoms with van der Waals surface area (Å²) in [6.07, 6.45) is 1.60. The molecule has 1 heterocycles. The fraction of sp³-hybridized carbons (Fsp3) is 0.320. The van der Waals surface area contributed by atoms with Crippen LogP contribution in [0.4, 0.5) is 5.69 Å². The van der Waals surface area contributed by atoms with E-state index < -0.39 is 10.0 Å². The summed E-state index contributed by atoms with van der Waals surface area (Å²) in [5.41, 5.74) is 2.06. The van der Waals surface area contributed by atoms with Gasteiger partial charge in [-0.3, -0.25) is 4.79 Å². The number of sulfonamides is 1. The van der Waals surface area contributed by atoms with Crippen LogP contribution in [0.25, 0.3) is 10.8 Å². The molecule has 4 rings (SSSR count). The molecule has 32 heavy (non-hydrogen) atoms. The van der Waals surface area contributed by atoms with Crippen LogP contribution in [0.5, 0.6) is 0 Å². The minimum atomic E-state index is -3.70. The molecule has 1 amide bonds. The third-order valence-electron chi connectivity index (χ3n) is 6.17. The summed E-state index contributed by atoms with van der Waals surface area (Å²) in [5, 5.41) is 4.24. The first kappa shape index (κ1) is 22.5. The standard InChI is InChI=1S/C25H29N3O3S/c1-3-28-16-14-19(15-17-28)27-32(30,31)24-13-7-10-21-22(24)11-6-12-23(21)26-25(29)20-9-5-4-8-18(20)2/h4-13,19,27H,3,14-17H2,1-2H3,(H,26,29). The van der Waals surface area contributed by atoms with E-state index in [4.69, 9.17) is 0 Å². The number of hydrogen-bond donors (Lipinski definition) is 2. The third-order valence-corrected chi connectivity index (χ3v) is 7.74. The fourth-order valence-electron chi connectivity index (χ4n) is 4.29. The first-order valence-corrected chi connectivity index (χ1v) is 12.5. The Morgan fingerprint density at radius 2 is 1.66 bits per heavy atom. The first-order valence-electron chi connectivity index (χ1n) is 11.0. The zero-order valence-corrected chi connectivity index (χ0v) is 19.3. The van der Waals surface area contributed by atoms with Crippen LogP contribution >= 0.6 is 0 Å². The Balaban J connectivity index is 1.62. The predicted molar refractivity (Wildman–Crippen MR) is 129 cm³/mol. The highest BCUT2D eigenvalue weighted by atomic mass is 32.2. The van der Waals surface area contributed by atoms with E-state index in [-0.39, 0.29) is 16.8 Å². The molecule has 1 aliphatic heterocycles. The Morgan fingerprint density at radius 3 is 2.38 bits per heavy atom. The van der Waals surface area contributed by atoms with Gasteiger partial charge >= 0.3 is 0 Å². The van der Waals surface area contributed by atoms with Crippen molar-refractivity contribution in [3.63, 3.8) is 0 Å². The summed E-state index contributed by atoms with van der Waals surface area (Å²) in [4.78, 5) is 15.4. The maximum atomic E-state index is 13.3. The van der Waals surface area contributed by atoms with Crippen LogP contribution in [0.1, 0.15) is 35.7 Å². The molecule has 2 N–H and O–H groups in total. The van der Waals surface area contributed by atoms with Crippen molar-refractivity contribution in [3.8, 4) is 0 Å². The van der Waals surface area contributed by atoms with Gasteiger partial charge in [0.2, 0.25) is 10.0 Å². The lowest BCUT2D eigenvalue weighted by Gasteiger charge is -2.31. The van der Waals surface area contributed by atoms with Crippen LogP contribution < -0.4 is 10.0 Å². The quantitative estimate of drug-likeness (QED) is 0.590. The Labute approximate surface area is 189 Å². The van der Waals surface area contributed by atoms with E-state index in [9.17, 15) is 13.2 Å². The number of nitrogens with zero attached hydrogens (tertiary/aromatic N) is 1. The Hall–Kier alpha value is -2.74. The summed E-state index contributed by atoms with van der Waals surface area (Å²) in [6.45, 7) is 6.79. The molecule has 0 atom stereocenters. The monoisotopic (exact) mass is 451 g/mol. The molecule has 168 valence electrons. The SMILES string of the molecule is CCN1CCC(NS(=O)(=O)c2cccc3c(NC(=O)c4ccccc4C)cccc23)CC1. The van der Waals surface area contributed by atoms with Crippen molar-refractivity contribution in [1.29, 1.82) is 0 Å². The maximum absolute atomic E-state index is 13.3. The van der Waals surface area contributed by atoms with Crippen molar-refractivity contribution in [2.45, 2.75) is 37.6 Å². The molecule has 0 aromatic heterocycles. The van der Waals surface area contributed by atoms with Crippen LogP contribution in [0.3, 0.4) is 0 Å². The number of benzene rings is 3. The van der Waals surface area contributed by atoms with Crippen LogP contribution in [-0.2, 0) is 10.0 Å². The second-order valence-corrected chi connectivity index (χ2v) is 9.94. The van der Waals surface area contributed by atoms with Gasteiger partial charge < -0.3 is 10.2 Å². The molecule has 0 saturated carbocycles. The van der Waals surface area contributed by atoms with Gasteiger partial charge in [0.05, 0.1) is 4.90 Å². The van der Waals surface area contributed by atoms with Crippen molar-refractivity contribution in [2.75, 3.05) is 25.0 Å². The van der Waals surface area contributed by atoms with E-state index in [0.29, 0.717) is 22.0 Å². The molecular weight excluding hydrogens is 422 g/mol. The summed E-state index contributed by atoms with van der Waals surface area (Å²) in [5.74, 6) is -0.218. The van der Waals surface area contributed by atoms with Crippen molar-refractivity contribution >= 4 is 32.4 Å². The van der Waals surface area contributed by atoms with Crippen LogP contribution in [0.15, 0.2) is 65.6 Å². The minimum Gasteiger partial charge on any atom is -0.321 e. The number of piperidine rings is 1. The predicted octanol–water partition coefficient (Wildman–Crippen LogP) is 4.16. The number of hydrogen-bond acceptors (Lipinski definition) is 4. The number of anilines is 1. The Bertz CT molecular complexity index is 1230. The molecule has 6 nitrogen and oxygen atoms in total. The molecule has 1 fully saturated rings. The lowest BCUT2D eigenvalue weighted by atomic mass is 10.1. The smallest absolute Gasteiger partial charge is 0.255 e. The highest BCUT2D eigenvalue weighted by molar-refractivity contribution is 7.89. The van der Waals surface area contributed by atoms with Crippen LogP contribution in [-0.4, -0.2) is 44.9 Å². The van der Waals surface area contributed by atoms with E-state index >= 15 is 0 Å². The molecule has 0 aliphatic carbocycles. The van der Waals surface area contributed by atoms with E-state index in [1.54, 1.807) is 36.4 Å². The molecular formula is C25H29N3O3S. The van der Waals surface area contributed by atoms with Crippen molar-refractivity contribution in [1.82, 2.24) is 9.62 Å². The summed E-state index contributed by atoms with van der Waals surface area (Å²) >= 11 is 0. The Morgan fingerprint density at radius 1 is 0.969 bits per heavy atom. The molecule has 1 aliphatic rings. The van der Waals surface area contributed by atoms with Gasteiger partial charge in [0.25, 0.3) is 5.91 Å². The molecule has 0 unspecified atom stereocenters. The zero-order valence-electron chi connectivity index (χ0n) is 18.5. The highest BCUT2D eigenvalue weighted by Crippen LogP contribution is 2.30. The van der Waals surface area contributed by atoms with Crippen molar-refractivity contribution in [2.24, 2.45) is 0 Å². The number of rotatable bonds is 6. The number of fused-ring (bicyclic) bond motifs is 1. The average molecular weight is 452 g/mol. The third kappa shape index (κ3) is 4.70. The number of amides is 1. The van der Waals surface area contributed by atoms with Gasteiger partial charge in [0.15, 0.2) is 0 Å². The fourth-order valence-corrected chi connectivity index (χ4v) is 5.82. The molecule has 3 aromatic rings. The number of carbonyl (C=O) groups excluding carboxylic acids is 1. The molecule has 0 radical (unpaired) electrons.